The molecule has 0 spiro atoms. The fourth-order valence-corrected chi connectivity index (χ4v) is 6.68. The predicted octanol–water partition coefficient (Wildman–Crippen LogP) is -9.64. The highest BCUT2D eigenvalue weighted by Crippen LogP contribution is 2.24. The van der Waals surface area contributed by atoms with Crippen molar-refractivity contribution in [3.63, 3.8) is 0 Å². The van der Waals surface area contributed by atoms with Gasteiger partial charge >= 0.3 is 0 Å². The molecule has 26 nitrogen and oxygen atoms in total. The maximum atomic E-state index is 10.3. The minimum Gasteiger partial charge on any atom is -0.387 e. The Bertz CT molecular complexity index is 1200. The summed E-state index contributed by atoms with van der Waals surface area (Å²) in [6.07, 6.45) is -33.4. The summed E-state index contributed by atoms with van der Waals surface area (Å²) in [7, 11) is 0. The Morgan fingerprint density at radius 3 is 0.903 bits per heavy atom. The van der Waals surface area contributed by atoms with Crippen LogP contribution in [0.5, 0.6) is 0 Å². The van der Waals surface area contributed by atoms with E-state index in [4.69, 9.17) is 47.4 Å². The molecule has 4 fully saturated rings. The van der Waals surface area contributed by atoms with Crippen LogP contribution < -0.4 is 0 Å². The van der Waals surface area contributed by atoms with Crippen LogP contribution in [0.3, 0.4) is 0 Å². The molecular formula is C36H64O26. The molecule has 4 heterocycles. The number of rotatable bonds is 24. The molecule has 0 bridgehead atoms. The van der Waals surface area contributed by atoms with Crippen molar-refractivity contribution >= 4 is 0 Å². The van der Waals surface area contributed by atoms with Gasteiger partial charge in [0.05, 0.1) is 65.1 Å². The quantitative estimate of drug-likeness (QED) is 0.0316. The highest BCUT2D eigenvalue weighted by molar-refractivity contribution is 4.96. The molecule has 16 N–H and O–H groups in total. The molecule has 0 aromatic heterocycles. The number of ether oxygens (including phenoxy) is 10. The number of aliphatic hydroxyl groups excluding tert-OH is 16. The van der Waals surface area contributed by atoms with Crippen molar-refractivity contribution < 1.29 is 129 Å². The summed E-state index contributed by atoms with van der Waals surface area (Å²) in [4.78, 5) is 0. The molecule has 0 radical (unpaired) electrons. The largest absolute Gasteiger partial charge is 0.387 e. The standard InChI is InChI=1S/C36H64O26/c1-14(6-57-15(8-55-12-19-23(39)27(43)31(47)35(51)61-19)2-4-53-10-17-21(37)25(41)29(45)33(49)59-17)7-58-16(9-56-13-20-24(40)28(44)32(48)36(52)62-20)3-5-54-11-18-22(38)26(42)30(46)34(50)60-18/h15-52H,1-13H2/t15?,16?,17-,18-,19-,20-,21-,22+,23-,24+,25+,26+,27+,28+,29+,30-,31+,32-,33+,34+,35+,36+/m1/s1. The summed E-state index contributed by atoms with van der Waals surface area (Å²) in [6, 6.07) is 0. The zero-order valence-corrected chi connectivity index (χ0v) is 33.6. The normalized spacial score (nSPS) is 42.7. The molecule has 0 aromatic carbocycles. The van der Waals surface area contributed by atoms with E-state index in [1.807, 2.05) is 0 Å². The second kappa shape index (κ2) is 25.6. The van der Waals surface area contributed by atoms with Crippen molar-refractivity contribution in [3.8, 4) is 0 Å². The van der Waals surface area contributed by atoms with E-state index in [1.165, 1.54) is 0 Å². The average molecular weight is 913 g/mol. The first kappa shape index (κ1) is 53.3. The topological polar surface area (TPSA) is 416 Å². The molecule has 4 aliphatic rings. The van der Waals surface area contributed by atoms with E-state index in [9.17, 15) is 81.7 Å². The molecule has 4 rings (SSSR count). The first-order valence-corrected chi connectivity index (χ1v) is 20.0. The lowest BCUT2D eigenvalue weighted by atomic mass is 9.99. The summed E-state index contributed by atoms with van der Waals surface area (Å²) in [5, 5.41) is 159. The fourth-order valence-electron chi connectivity index (χ4n) is 6.68. The second-order valence-corrected chi connectivity index (χ2v) is 15.6. The van der Waals surface area contributed by atoms with Crippen LogP contribution in [-0.2, 0) is 47.4 Å². The molecule has 26 heteroatoms. The van der Waals surface area contributed by atoms with Crippen LogP contribution >= 0.6 is 0 Å². The first-order valence-electron chi connectivity index (χ1n) is 20.0. The van der Waals surface area contributed by atoms with Gasteiger partial charge in [-0.15, -0.1) is 0 Å². The first-order chi connectivity index (χ1) is 29.3. The van der Waals surface area contributed by atoms with E-state index in [0.717, 1.165) is 0 Å². The molecule has 0 aliphatic carbocycles. The van der Waals surface area contributed by atoms with E-state index in [1.54, 1.807) is 0 Å². The summed E-state index contributed by atoms with van der Waals surface area (Å²) >= 11 is 0. The molecule has 4 saturated heterocycles. The molecule has 364 valence electrons. The zero-order chi connectivity index (χ0) is 45.8. The van der Waals surface area contributed by atoms with Gasteiger partial charge in [0.25, 0.3) is 0 Å². The van der Waals surface area contributed by atoms with Crippen molar-refractivity contribution in [2.75, 3.05) is 66.1 Å². The Balaban J connectivity index is 1.30. The monoisotopic (exact) mass is 912 g/mol. The molecule has 22 atom stereocenters. The minimum atomic E-state index is -1.79. The van der Waals surface area contributed by atoms with Crippen LogP contribution in [0, 0.1) is 0 Å². The molecule has 62 heavy (non-hydrogen) atoms. The van der Waals surface area contributed by atoms with Crippen molar-refractivity contribution in [1.82, 2.24) is 0 Å². The maximum absolute atomic E-state index is 10.3. The Labute approximate surface area is 355 Å². The van der Waals surface area contributed by atoms with Gasteiger partial charge in [0.1, 0.15) is 97.7 Å². The van der Waals surface area contributed by atoms with Crippen LogP contribution in [0.15, 0.2) is 12.2 Å². The summed E-state index contributed by atoms with van der Waals surface area (Å²) < 4.78 is 55.0. The van der Waals surface area contributed by atoms with Gasteiger partial charge in [-0.3, -0.25) is 0 Å². The van der Waals surface area contributed by atoms with Crippen LogP contribution in [0.25, 0.3) is 0 Å². The SMILES string of the molecule is C=C(COC(CCOC[C@H]1O[C@H](O)[C@H](O)[C@@H](O)[C@H]1O)COC[C@H]1O[C@H](O)[C@H](O)[C@@H](O)[C@H]1O)COC(CCOC[C@H]1O[C@H](O)[C@@H](O)[C@@H](O)[C@@H]1O)COC[C@H]1O[C@H](O)[C@@H](O)[C@@H](O)[C@@H]1O. The van der Waals surface area contributed by atoms with Gasteiger partial charge in [0.2, 0.25) is 0 Å². The Morgan fingerprint density at radius 2 is 0.629 bits per heavy atom. The van der Waals surface area contributed by atoms with Gasteiger partial charge in [-0.1, -0.05) is 6.58 Å². The highest BCUT2D eigenvalue weighted by Gasteiger charge is 2.46. The van der Waals surface area contributed by atoms with E-state index in [-0.39, 0.29) is 78.9 Å². The lowest BCUT2D eigenvalue weighted by Crippen LogP contribution is -2.58. The maximum Gasteiger partial charge on any atom is 0.184 e. The van der Waals surface area contributed by atoms with Crippen molar-refractivity contribution in [2.45, 2.75) is 148 Å². The third-order valence-electron chi connectivity index (χ3n) is 10.7. The van der Waals surface area contributed by atoms with Gasteiger partial charge in [0, 0.05) is 13.2 Å². The van der Waals surface area contributed by atoms with E-state index in [0.29, 0.717) is 5.57 Å². The lowest BCUT2D eigenvalue weighted by molar-refractivity contribution is -0.290. The number of hydrogen-bond acceptors (Lipinski definition) is 26. The smallest absolute Gasteiger partial charge is 0.184 e. The van der Waals surface area contributed by atoms with Gasteiger partial charge in [-0.2, -0.15) is 0 Å². The predicted molar refractivity (Wildman–Crippen MR) is 197 cm³/mol. The zero-order valence-electron chi connectivity index (χ0n) is 33.6. The van der Waals surface area contributed by atoms with Crippen molar-refractivity contribution in [2.24, 2.45) is 0 Å². The molecular weight excluding hydrogens is 848 g/mol. The molecule has 4 aliphatic heterocycles. The average Bonchev–Trinajstić information content (AvgIpc) is 3.25. The van der Waals surface area contributed by atoms with E-state index < -0.39 is 135 Å². The molecule has 0 saturated carbocycles. The highest BCUT2D eigenvalue weighted by atomic mass is 16.7. The van der Waals surface area contributed by atoms with Crippen LogP contribution in [-0.4, -0.2) is 283 Å². The fraction of sp³-hybridized carbons (Fsp3) is 0.944. The summed E-state index contributed by atoms with van der Waals surface area (Å²) in [5.74, 6) is 0. The third-order valence-corrected chi connectivity index (χ3v) is 10.7. The van der Waals surface area contributed by atoms with Gasteiger partial charge in [-0.05, 0) is 18.4 Å². The number of aliphatic hydroxyl groups is 16. The van der Waals surface area contributed by atoms with Gasteiger partial charge in [-0.25, -0.2) is 0 Å². The molecule has 0 aromatic rings. The molecule has 2 unspecified atom stereocenters. The van der Waals surface area contributed by atoms with Crippen LogP contribution in [0.4, 0.5) is 0 Å². The molecule has 0 amide bonds. The Kier molecular flexibility index (Phi) is 22.0. The van der Waals surface area contributed by atoms with Crippen molar-refractivity contribution in [1.29, 1.82) is 0 Å². The lowest BCUT2D eigenvalue weighted by Gasteiger charge is -2.38. The Hall–Kier alpha value is -1.30. The van der Waals surface area contributed by atoms with Crippen LogP contribution in [0.1, 0.15) is 12.8 Å². The van der Waals surface area contributed by atoms with Gasteiger partial charge < -0.3 is 129 Å². The van der Waals surface area contributed by atoms with Crippen molar-refractivity contribution in [3.05, 3.63) is 12.2 Å². The van der Waals surface area contributed by atoms with E-state index in [2.05, 4.69) is 6.58 Å². The third kappa shape index (κ3) is 14.9. The summed E-state index contributed by atoms with van der Waals surface area (Å²) in [5.41, 5.74) is 0.375. The van der Waals surface area contributed by atoms with E-state index >= 15 is 0 Å². The summed E-state index contributed by atoms with van der Waals surface area (Å²) in [6.45, 7) is 1.89. The van der Waals surface area contributed by atoms with Crippen LogP contribution in [0.2, 0.25) is 0 Å². The second-order valence-electron chi connectivity index (χ2n) is 15.6. The number of hydrogen-bond donors (Lipinski definition) is 16. The van der Waals surface area contributed by atoms with Gasteiger partial charge in [0.15, 0.2) is 25.2 Å². The minimum absolute atomic E-state index is 0.0578. The Morgan fingerprint density at radius 1 is 0.371 bits per heavy atom.